The van der Waals surface area contributed by atoms with Crippen LogP contribution in [0.2, 0.25) is 0 Å². The number of halogens is 26. The molecule has 0 spiro atoms. The number of ether oxygens (including phenoxy) is 8. The first kappa shape index (κ1) is 98.3. The number of alkyl halides is 26. The summed E-state index contributed by atoms with van der Waals surface area (Å²) in [5, 5.41) is 0. The van der Waals surface area contributed by atoms with Crippen LogP contribution in [0.1, 0.15) is 160 Å². The van der Waals surface area contributed by atoms with Crippen molar-refractivity contribution in [3.63, 3.8) is 0 Å². The molecule has 0 N–H and O–H groups in total. The Morgan fingerprint density at radius 2 is 0.469 bits per heavy atom. The summed E-state index contributed by atoms with van der Waals surface area (Å²) in [5.74, 6) is -52.6. The zero-order valence-corrected chi connectivity index (χ0v) is 54.7. The third-order valence-electron chi connectivity index (χ3n) is 12.1. The second-order valence-corrected chi connectivity index (χ2v) is 23.7. The van der Waals surface area contributed by atoms with Crippen LogP contribution in [0.5, 0.6) is 0 Å². The molecule has 0 radical (unpaired) electrons. The average molecular weight is 1500 g/mol. The van der Waals surface area contributed by atoms with Gasteiger partial charge in [0.2, 0.25) is 0 Å². The molecule has 0 aliphatic rings. The largest absolute Gasteiger partial charge is 0.457 e. The Labute approximate surface area is 544 Å². The minimum Gasteiger partial charge on any atom is -0.457 e. The van der Waals surface area contributed by atoms with Gasteiger partial charge in [-0.15, -0.1) is 0 Å². The predicted molar refractivity (Wildman–Crippen MR) is 285 cm³/mol. The molecule has 0 bridgehead atoms. The highest BCUT2D eigenvalue weighted by atomic mass is 19.4. The van der Waals surface area contributed by atoms with E-state index < -0.39 is 246 Å². The van der Waals surface area contributed by atoms with Crippen molar-refractivity contribution < 1.29 is 190 Å². The molecule has 2 atom stereocenters. The van der Waals surface area contributed by atoms with Crippen LogP contribution in [0.25, 0.3) is 0 Å². The quantitative estimate of drug-likeness (QED) is 0.0320. The van der Waals surface area contributed by atoms with E-state index in [1.807, 2.05) is 0 Å². The van der Waals surface area contributed by atoms with Gasteiger partial charge in [0.1, 0.15) is 12.8 Å². The van der Waals surface area contributed by atoms with Crippen LogP contribution in [-0.4, -0.2) is 172 Å². The molecule has 0 saturated heterocycles. The summed E-state index contributed by atoms with van der Waals surface area (Å²) in [6, 6.07) is 0. The van der Waals surface area contributed by atoms with E-state index in [1.54, 1.807) is 41.5 Å². The van der Waals surface area contributed by atoms with Crippen LogP contribution < -0.4 is 0 Å². The van der Waals surface area contributed by atoms with E-state index in [1.165, 1.54) is 27.7 Å². The fraction of sp³-hybridized carbons (Fsp3) is 0.857. The van der Waals surface area contributed by atoms with E-state index in [4.69, 9.17) is 0 Å². The van der Waals surface area contributed by atoms with Crippen molar-refractivity contribution in [3.8, 4) is 0 Å². The molecule has 42 heteroatoms. The zero-order chi connectivity index (χ0) is 78.6. The fourth-order valence-corrected chi connectivity index (χ4v) is 6.18. The van der Waals surface area contributed by atoms with Crippen molar-refractivity contribution in [2.75, 3.05) is 52.9 Å². The van der Waals surface area contributed by atoms with Gasteiger partial charge in [-0.2, -0.15) is 26.3 Å². The van der Waals surface area contributed by atoms with E-state index in [-0.39, 0.29) is 13.8 Å². The Hall–Kier alpha value is -6.06. The molecule has 2 unspecified atom stereocenters. The van der Waals surface area contributed by atoms with E-state index in [0.29, 0.717) is 25.7 Å². The van der Waals surface area contributed by atoms with Gasteiger partial charge in [-0.1, -0.05) is 41.5 Å². The molecular weight excluding hydrogens is 1420 g/mol. The maximum absolute atomic E-state index is 13.4. The highest BCUT2D eigenvalue weighted by molar-refractivity contribution is 5.81. The lowest BCUT2D eigenvalue weighted by Crippen LogP contribution is -2.37. The lowest BCUT2D eigenvalue weighted by atomic mass is 9.91. The zero-order valence-electron chi connectivity index (χ0n) is 54.7. The number of hydrogen-bond acceptors (Lipinski definition) is 16. The first-order valence-corrected chi connectivity index (χ1v) is 28.6. The Balaban J connectivity index is -0.000000601. The monoisotopic (exact) mass is 1500 g/mol. The standard InChI is InChI=1S/C15H22F6O4.C14H19F7O4.C14H20F6O4.C13H17F7O4/c1-5-12(2,3)11(23)24-6-10(22)25-9-15(20,21)8-14(18,19)7-13(4,16)17;1-4-11(2,3)10(23)24-5-9(22)25-8-13(17,18)6-12(15,16)7-14(19,20)21;1-4-9(2)11(22)23-5-10(21)24-8-14(19,20)7-13(17,18)6-12(3,15)16;1-3-8(2)10(22)23-4-9(21)24-7-12(16,17)5-11(14,15)6-13(18,19)20/h5-9H2,1-4H3;4-8H2,1-3H3;9H,4-8H2,1-3H3;8H,3-7H2,1-2H3. The molecule has 0 heterocycles. The van der Waals surface area contributed by atoms with Gasteiger partial charge in [0.25, 0.3) is 59.2 Å². The topological polar surface area (TPSA) is 210 Å². The SMILES string of the molecule is CCC(C)(C)C(=O)OCC(=O)OCC(F)(F)CC(F)(F)CC(C)(F)F.CCC(C)(C)C(=O)OCC(=O)OCC(F)(F)CC(F)(F)CC(F)(F)F.CCC(C)C(=O)OCC(=O)OCC(F)(F)CC(F)(F)CC(C)(F)F.CCC(C)C(=O)OCC(=O)OCC(F)(F)CC(F)(F)CC(F)(F)F. The van der Waals surface area contributed by atoms with Crippen molar-refractivity contribution in [1.82, 2.24) is 0 Å². The van der Waals surface area contributed by atoms with Gasteiger partial charge < -0.3 is 37.9 Å². The molecule has 0 aromatic rings. The van der Waals surface area contributed by atoms with Crippen LogP contribution in [0.15, 0.2) is 0 Å². The summed E-state index contributed by atoms with van der Waals surface area (Å²) in [7, 11) is 0. The van der Waals surface area contributed by atoms with Gasteiger partial charge in [-0.05, 0) is 67.2 Å². The molecule has 580 valence electrons. The third kappa shape index (κ3) is 52.9. The maximum atomic E-state index is 13.4. The van der Waals surface area contributed by atoms with Crippen molar-refractivity contribution >= 4 is 47.8 Å². The second-order valence-electron chi connectivity index (χ2n) is 23.7. The van der Waals surface area contributed by atoms with Crippen molar-refractivity contribution in [2.45, 2.75) is 232 Å². The maximum Gasteiger partial charge on any atom is 0.394 e. The summed E-state index contributed by atoms with van der Waals surface area (Å²) in [6.45, 7) is 5.12. The summed E-state index contributed by atoms with van der Waals surface area (Å²) in [5.41, 5.74) is -1.82. The second kappa shape index (κ2) is 39.8. The summed E-state index contributed by atoms with van der Waals surface area (Å²) < 4.78 is 366. The molecule has 0 amide bonds. The van der Waals surface area contributed by atoms with Gasteiger partial charge in [0, 0.05) is 0 Å². The van der Waals surface area contributed by atoms with E-state index in [2.05, 4.69) is 37.9 Å². The highest BCUT2D eigenvalue weighted by Crippen LogP contribution is 2.43. The lowest BCUT2D eigenvalue weighted by Gasteiger charge is -2.25. The summed E-state index contributed by atoms with van der Waals surface area (Å²) in [4.78, 5) is 90.3. The van der Waals surface area contributed by atoms with E-state index in [9.17, 15) is 153 Å². The van der Waals surface area contributed by atoms with Crippen LogP contribution in [0.4, 0.5) is 114 Å². The Morgan fingerprint density at radius 3 is 0.643 bits per heavy atom. The van der Waals surface area contributed by atoms with Crippen LogP contribution >= 0.6 is 0 Å². The highest BCUT2D eigenvalue weighted by Gasteiger charge is 2.53. The van der Waals surface area contributed by atoms with Crippen molar-refractivity contribution in [2.24, 2.45) is 22.7 Å². The number of hydrogen-bond donors (Lipinski definition) is 0. The molecule has 0 aromatic carbocycles. The molecule has 0 rings (SSSR count). The molecule has 0 aromatic heterocycles. The molecular formula is C56H78F26O16. The molecule has 0 fully saturated rings. The van der Waals surface area contributed by atoms with Gasteiger partial charge >= 0.3 is 60.1 Å². The number of carbonyl (C=O) groups excluding carboxylic acids is 8. The summed E-state index contributed by atoms with van der Waals surface area (Å²) >= 11 is 0. The third-order valence-corrected chi connectivity index (χ3v) is 12.1. The Bertz CT molecular complexity index is 2310. The minimum atomic E-state index is -5.32. The van der Waals surface area contributed by atoms with Gasteiger partial charge in [0.05, 0.1) is 61.2 Å². The van der Waals surface area contributed by atoms with Gasteiger partial charge in [-0.25, -0.2) is 107 Å². The van der Waals surface area contributed by atoms with Crippen LogP contribution in [0, 0.1) is 22.7 Å². The number of rotatable bonds is 38. The first-order valence-electron chi connectivity index (χ1n) is 28.6. The Kier molecular flexibility index (Phi) is 39.9. The molecule has 0 aliphatic carbocycles. The predicted octanol–water partition coefficient (Wildman–Crippen LogP) is 15.9. The number of esters is 8. The van der Waals surface area contributed by atoms with E-state index in [0.717, 1.165) is 0 Å². The van der Waals surface area contributed by atoms with Crippen molar-refractivity contribution in [1.29, 1.82) is 0 Å². The van der Waals surface area contributed by atoms with Crippen LogP contribution in [-0.2, 0) is 76.3 Å². The smallest absolute Gasteiger partial charge is 0.394 e. The minimum absolute atomic E-state index is 0.185. The van der Waals surface area contributed by atoms with Crippen LogP contribution in [0.3, 0.4) is 0 Å². The molecule has 0 saturated carbocycles. The fourth-order valence-electron chi connectivity index (χ4n) is 6.18. The normalized spacial score (nSPS) is 13.9. The number of carbonyl (C=O) groups is 8. The van der Waals surface area contributed by atoms with Gasteiger partial charge in [-0.3, -0.25) is 19.2 Å². The van der Waals surface area contributed by atoms with E-state index >= 15 is 0 Å². The average Bonchev–Trinajstić information content (AvgIpc) is 0.865. The lowest BCUT2D eigenvalue weighted by molar-refractivity contribution is -0.214. The first-order chi connectivity index (χ1) is 43.3. The van der Waals surface area contributed by atoms with Crippen molar-refractivity contribution in [3.05, 3.63) is 0 Å². The summed E-state index contributed by atoms with van der Waals surface area (Å²) in [6.07, 6.45) is -27.8. The molecule has 98 heavy (non-hydrogen) atoms. The van der Waals surface area contributed by atoms with Gasteiger partial charge in [0.15, 0.2) is 52.9 Å². The Morgan fingerprint density at radius 1 is 0.276 bits per heavy atom. The molecule has 0 aliphatic heterocycles. The molecule has 16 nitrogen and oxygen atoms in total.